The minimum atomic E-state index is -1.10. The Morgan fingerprint density at radius 1 is 1.42 bits per heavy atom. The van der Waals surface area contributed by atoms with Crippen LogP contribution in [-0.2, 0) is 22.9 Å². The zero-order valence-corrected chi connectivity index (χ0v) is 17.3. The van der Waals surface area contributed by atoms with Gasteiger partial charge in [-0.2, -0.15) is 0 Å². The van der Waals surface area contributed by atoms with Crippen molar-refractivity contribution in [2.45, 2.75) is 48.4 Å². The lowest BCUT2D eigenvalue weighted by atomic mass is 9.45. The molecule has 0 bridgehead atoms. The molecule has 2 aromatic heterocycles. The molecule has 0 aromatic carbocycles. The third-order valence-electron chi connectivity index (χ3n) is 5.90. The molecule has 2 aromatic rings. The van der Waals surface area contributed by atoms with Crippen LogP contribution in [0.3, 0.4) is 0 Å². The van der Waals surface area contributed by atoms with Gasteiger partial charge in [-0.05, 0) is 25.0 Å². The van der Waals surface area contributed by atoms with E-state index in [4.69, 9.17) is 16.3 Å². The number of ether oxygens (including phenoxy) is 1. The van der Waals surface area contributed by atoms with Crippen LogP contribution in [0, 0.1) is 0 Å². The SMILES string of the molecule is BC1(B)O[C@@]2(C[C@@H](c3cn(C)nn3)N[C@@H](C)C2)c2sc(Cl)cc2[C@]1(B)O. The van der Waals surface area contributed by atoms with Gasteiger partial charge >= 0.3 is 0 Å². The van der Waals surface area contributed by atoms with Crippen LogP contribution in [0.4, 0.5) is 0 Å². The summed E-state index contributed by atoms with van der Waals surface area (Å²) in [5.74, 6) is 0. The largest absolute Gasteiger partial charge is 0.393 e. The lowest BCUT2D eigenvalue weighted by Crippen LogP contribution is -2.64. The molecule has 4 rings (SSSR count). The molecular formula is C15H22B3ClN4O2S. The van der Waals surface area contributed by atoms with E-state index in [1.807, 2.05) is 42.8 Å². The first-order chi connectivity index (χ1) is 12.0. The molecule has 0 amide bonds. The molecule has 0 unspecified atom stereocenters. The van der Waals surface area contributed by atoms with Crippen LogP contribution < -0.4 is 5.32 Å². The molecule has 136 valence electrons. The molecule has 26 heavy (non-hydrogen) atoms. The molecule has 1 saturated heterocycles. The molecule has 11 heteroatoms. The highest BCUT2D eigenvalue weighted by atomic mass is 35.5. The van der Waals surface area contributed by atoms with E-state index in [1.54, 1.807) is 4.68 Å². The highest BCUT2D eigenvalue weighted by Crippen LogP contribution is 2.56. The smallest absolute Gasteiger partial charge is 0.150 e. The van der Waals surface area contributed by atoms with Crippen molar-refractivity contribution >= 4 is 46.5 Å². The molecule has 0 saturated carbocycles. The van der Waals surface area contributed by atoms with Crippen LogP contribution in [0.5, 0.6) is 0 Å². The van der Waals surface area contributed by atoms with Crippen LogP contribution in [-0.4, -0.2) is 55.1 Å². The third-order valence-corrected chi connectivity index (χ3v) is 7.35. The Labute approximate surface area is 164 Å². The van der Waals surface area contributed by atoms with E-state index in [2.05, 4.69) is 22.6 Å². The lowest BCUT2D eigenvalue weighted by Gasteiger charge is -2.56. The van der Waals surface area contributed by atoms with Gasteiger partial charge in [0, 0.05) is 36.0 Å². The van der Waals surface area contributed by atoms with Gasteiger partial charge in [0.2, 0.25) is 0 Å². The molecule has 1 fully saturated rings. The number of nitrogens with zero attached hydrogens (tertiary/aromatic N) is 3. The third kappa shape index (κ3) is 2.69. The van der Waals surface area contributed by atoms with Crippen LogP contribution in [0.1, 0.15) is 41.9 Å². The first-order valence-corrected chi connectivity index (χ1v) is 10.1. The van der Waals surface area contributed by atoms with Crippen molar-refractivity contribution in [1.82, 2.24) is 20.3 Å². The van der Waals surface area contributed by atoms with Crippen molar-refractivity contribution in [2.75, 3.05) is 0 Å². The Bertz CT molecular complexity index is 858. The molecule has 2 aliphatic rings. The molecule has 2 N–H and O–H groups in total. The predicted octanol–water partition coefficient (Wildman–Crippen LogP) is -1.03. The first-order valence-electron chi connectivity index (χ1n) is 8.89. The van der Waals surface area contributed by atoms with Crippen molar-refractivity contribution < 1.29 is 9.84 Å². The van der Waals surface area contributed by atoms with Gasteiger partial charge in [0.1, 0.15) is 21.3 Å². The summed E-state index contributed by atoms with van der Waals surface area (Å²) >= 11 is 7.89. The van der Waals surface area contributed by atoms with Crippen LogP contribution in [0.2, 0.25) is 4.34 Å². The Hall–Kier alpha value is -0.795. The normalized spacial score (nSPS) is 36.2. The molecule has 0 aliphatic carbocycles. The van der Waals surface area contributed by atoms with Crippen molar-refractivity contribution in [3.05, 3.63) is 32.7 Å². The molecule has 6 nitrogen and oxygen atoms in total. The quantitative estimate of drug-likeness (QED) is 0.610. The van der Waals surface area contributed by atoms with Gasteiger partial charge in [-0.25, -0.2) is 0 Å². The number of hydrogen-bond donors (Lipinski definition) is 2. The minimum absolute atomic E-state index is 0.0278. The maximum absolute atomic E-state index is 11.2. The zero-order valence-electron chi connectivity index (χ0n) is 15.7. The van der Waals surface area contributed by atoms with Crippen molar-refractivity contribution in [2.24, 2.45) is 7.05 Å². The van der Waals surface area contributed by atoms with Crippen molar-refractivity contribution in [3.63, 3.8) is 0 Å². The second-order valence-corrected chi connectivity index (χ2v) is 10.0. The van der Waals surface area contributed by atoms with Gasteiger partial charge in [0.25, 0.3) is 0 Å². The Morgan fingerprint density at radius 2 is 2.15 bits per heavy atom. The lowest BCUT2D eigenvalue weighted by molar-refractivity contribution is -0.179. The van der Waals surface area contributed by atoms with Gasteiger partial charge in [0.15, 0.2) is 7.85 Å². The van der Waals surface area contributed by atoms with Crippen molar-refractivity contribution in [1.29, 1.82) is 0 Å². The first kappa shape index (κ1) is 18.6. The second-order valence-electron chi connectivity index (χ2n) is 8.32. The maximum atomic E-state index is 11.2. The van der Waals surface area contributed by atoms with Crippen molar-refractivity contribution in [3.8, 4) is 0 Å². The fourth-order valence-corrected chi connectivity index (χ4v) is 5.85. The molecular weight excluding hydrogens is 368 g/mol. The van der Waals surface area contributed by atoms with Gasteiger partial charge in [-0.3, -0.25) is 4.68 Å². The summed E-state index contributed by atoms with van der Waals surface area (Å²) in [6.07, 6.45) is 3.47. The van der Waals surface area contributed by atoms with Crippen LogP contribution in [0.25, 0.3) is 0 Å². The Morgan fingerprint density at radius 3 is 2.81 bits per heavy atom. The number of piperidine rings is 1. The molecule has 4 heterocycles. The highest BCUT2D eigenvalue weighted by molar-refractivity contribution is 7.16. The summed E-state index contributed by atoms with van der Waals surface area (Å²) in [6.45, 7) is 2.16. The number of rotatable bonds is 1. The summed E-state index contributed by atoms with van der Waals surface area (Å²) < 4.78 is 9.09. The highest BCUT2D eigenvalue weighted by Gasteiger charge is 2.57. The summed E-state index contributed by atoms with van der Waals surface area (Å²) in [7, 11) is 7.58. The number of nitrogens with one attached hydrogen (secondary N) is 1. The summed E-state index contributed by atoms with van der Waals surface area (Å²) in [4.78, 5) is 1.04. The van der Waals surface area contributed by atoms with E-state index < -0.39 is 16.5 Å². The summed E-state index contributed by atoms with van der Waals surface area (Å²) in [5.41, 5.74) is 0.177. The van der Waals surface area contributed by atoms with E-state index in [0.29, 0.717) is 4.34 Å². The van der Waals surface area contributed by atoms with E-state index in [-0.39, 0.29) is 12.1 Å². The number of hydrogen-bond acceptors (Lipinski definition) is 6. The summed E-state index contributed by atoms with van der Waals surface area (Å²) in [6, 6.07) is 2.15. The van der Waals surface area contributed by atoms with Gasteiger partial charge in [-0.15, -0.1) is 16.4 Å². The van der Waals surface area contributed by atoms with E-state index in [0.717, 1.165) is 29.0 Å². The number of halogens is 1. The molecule has 2 aliphatic heterocycles. The Balaban J connectivity index is 1.83. The Kier molecular flexibility index (Phi) is 4.18. The second kappa shape index (κ2) is 5.85. The van der Waals surface area contributed by atoms with Gasteiger partial charge < -0.3 is 15.2 Å². The molecule has 0 radical (unpaired) electrons. The van der Waals surface area contributed by atoms with Crippen LogP contribution in [0.15, 0.2) is 12.3 Å². The number of thiophene rings is 1. The number of aliphatic hydroxyl groups is 1. The topological polar surface area (TPSA) is 72.2 Å². The van der Waals surface area contributed by atoms with E-state index in [1.165, 1.54) is 11.3 Å². The molecule has 1 spiro atoms. The zero-order chi connectivity index (χ0) is 18.9. The number of fused-ring (bicyclic) bond motifs is 2. The van der Waals surface area contributed by atoms with Gasteiger partial charge in [0.05, 0.1) is 21.6 Å². The van der Waals surface area contributed by atoms with Crippen LogP contribution >= 0.6 is 22.9 Å². The summed E-state index contributed by atoms with van der Waals surface area (Å²) in [5, 5.41) is 22.5. The standard InChI is InChI=1S/C15H22B3ClN4O2S/c1-7-4-13(5-9(20-7)10-6-23(2)22-21-10)12-8(3-11(19)26-12)14(16,24)15(17,18)25-13/h3,6-7,9,20,24H,4-5,16-18H2,1-2H3/t7-,9-,13-,14-/m0/s1. The maximum Gasteiger partial charge on any atom is 0.150 e. The van der Waals surface area contributed by atoms with Gasteiger partial charge in [-0.1, -0.05) is 16.8 Å². The fraction of sp³-hybridized carbons (Fsp3) is 0.600. The average Bonchev–Trinajstić information content (AvgIpc) is 3.11. The average molecular weight is 390 g/mol. The van der Waals surface area contributed by atoms with E-state index in [9.17, 15) is 5.11 Å². The monoisotopic (exact) mass is 390 g/mol. The van der Waals surface area contributed by atoms with E-state index >= 15 is 0 Å². The predicted molar refractivity (Wildman–Crippen MR) is 110 cm³/mol. The number of aryl methyl sites for hydroxylation is 1. The minimum Gasteiger partial charge on any atom is -0.393 e. The molecule has 4 atom stereocenters. The number of aromatic nitrogens is 3. The fourth-order valence-electron chi connectivity index (χ4n) is 4.37.